The van der Waals surface area contributed by atoms with Crippen molar-refractivity contribution in [1.29, 1.82) is 0 Å². The Bertz CT molecular complexity index is 1350. The predicted molar refractivity (Wildman–Crippen MR) is 132 cm³/mol. The second-order valence-electron chi connectivity index (χ2n) is 7.83. The summed E-state index contributed by atoms with van der Waals surface area (Å²) in [5.41, 5.74) is 0.252. The highest BCUT2D eigenvalue weighted by atomic mass is 16.5. The molecule has 1 aromatic heterocycles. The fourth-order valence-corrected chi connectivity index (χ4v) is 3.94. The van der Waals surface area contributed by atoms with Crippen LogP contribution in [0, 0.1) is 0 Å². The van der Waals surface area contributed by atoms with Crippen LogP contribution in [0.15, 0.2) is 46.0 Å². The summed E-state index contributed by atoms with van der Waals surface area (Å²) in [6.45, 7) is 4.45. The molecule has 0 radical (unpaired) electrons. The maximum atomic E-state index is 13.5. The van der Waals surface area contributed by atoms with Crippen LogP contribution in [-0.2, 0) is 17.9 Å². The summed E-state index contributed by atoms with van der Waals surface area (Å²) in [4.78, 5) is 53.3. The van der Waals surface area contributed by atoms with E-state index in [0.717, 1.165) is 4.57 Å². The highest BCUT2D eigenvalue weighted by Gasteiger charge is 2.20. The molecule has 3 aromatic rings. The van der Waals surface area contributed by atoms with E-state index in [1.54, 1.807) is 29.2 Å². The average molecular weight is 483 g/mol. The highest BCUT2D eigenvalue weighted by Crippen LogP contribution is 2.30. The van der Waals surface area contributed by atoms with Crippen molar-refractivity contribution in [3.05, 3.63) is 68.4 Å². The third kappa shape index (κ3) is 5.06. The Morgan fingerprint density at radius 2 is 1.54 bits per heavy atom. The minimum absolute atomic E-state index is 0.0323. The van der Waals surface area contributed by atoms with Gasteiger partial charge in [-0.3, -0.25) is 23.5 Å². The van der Waals surface area contributed by atoms with E-state index in [1.165, 1.54) is 38.0 Å². The van der Waals surface area contributed by atoms with Crippen LogP contribution in [0.3, 0.4) is 0 Å². The smallest absolute Gasteiger partial charge is 0.332 e. The molecule has 0 atom stereocenters. The third-order valence-electron chi connectivity index (χ3n) is 5.92. The monoisotopic (exact) mass is 482 g/mol. The van der Waals surface area contributed by atoms with E-state index in [2.05, 4.69) is 5.32 Å². The number of methoxy groups -OCH3 is 2. The van der Waals surface area contributed by atoms with Crippen molar-refractivity contribution < 1.29 is 19.1 Å². The van der Waals surface area contributed by atoms with Gasteiger partial charge in [0, 0.05) is 31.8 Å². The van der Waals surface area contributed by atoms with Crippen LogP contribution in [0.4, 0.5) is 0 Å². The van der Waals surface area contributed by atoms with Gasteiger partial charge in [-0.1, -0.05) is 12.1 Å². The molecule has 10 heteroatoms. The molecule has 1 N–H and O–H groups in total. The standard InChI is InChI=1S/C25H30N4O6/c1-6-27(7-2)22(30)15-28-19-13-21(35-5)20(34-4)12-18(19)24(32)29(25(28)33)14-16-8-10-17(11-9-16)23(31)26-3/h8-13H,6-7,14-15H2,1-5H3,(H,26,31). The number of likely N-dealkylation sites (N-methyl/N-ethyl adjacent to an activating group) is 1. The van der Waals surface area contributed by atoms with Crippen molar-refractivity contribution >= 4 is 22.7 Å². The van der Waals surface area contributed by atoms with Gasteiger partial charge in [0.15, 0.2) is 11.5 Å². The second kappa shape index (κ2) is 10.9. The number of hydrogen-bond donors (Lipinski definition) is 1. The molecule has 0 bridgehead atoms. The normalized spacial score (nSPS) is 10.8. The molecule has 0 aliphatic heterocycles. The number of hydrogen-bond acceptors (Lipinski definition) is 6. The molecule has 35 heavy (non-hydrogen) atoms. The number of rotatable bonds is 9. The van der Waals surface area contributed by atoms with Crippen LogP contribution in [0.5, 0.6) is 11.5 Å². The Balaban J connectivity index is 2.21. The van der Waals surface area contributed by atoms with E-state index in [9.17, 15) is 19.2 Å². The first-order chi connectivity index (χ1) is 16.8. The number of ether oxygens (including phenoxy) is 2. The first-order valence-electron chi connectivity index (χ1n) is 11.3. The van der Waals surface area contributed by atoms with Crippen molar-refractivity contribution in [2.24, 2.45) is 0 Å². The van der Waals surface area contributed by atoms with E-state index in [1.807, 2.05) is 13.8 Å². The zero-order chi connectivity index (χ0) is 25.7. The Labute approximate surface area is 202 Å². The average Bonchev–Trinajstić information content (AvgIpc) is 2.88. The maximum absolute atomic E-state index is 13.5. The summed E-state index contributed by atoms with van der Waals surface area (Å²) in [6.07, 6.45) is 0. The molecule has 0 saturated heterocycles. The Hall–Kier alpha value is -4.08. The maximum Gasteiger partial charge on any atom is 0.332 e. The molecule has 0 unspecified atom stereocenters. The quantitative estimate of drug-likeness (QED) is 0.494. The second-order valence-corrected chi connectivity index (χ2v) is 7.83. The number of carbonyl (C=O) groups excluding carboxylic acids is 2. The fraction of sp³-hybridized carbons (Fsp3) is 0.360. The van der Waals surface area contributed by atoms with Crippen molar-refractivity contribution in [1.82, 2.24) is 19.4 Å². The van der Waals surface area contributed by atoms with Gasteiger partial charge in [-0.05, 0) is 37.6 Å². The molecule has 0 aliphatic carbocycles. The first-order valence-corrected chi connectivity index (χ1v) is 11.3. The summed E-state index contributed by atoms with van der Waals surface area (Å²) < 4.78 is 13.1. The number of fused-ring (bicyclic) bond motifs is 1. The van der Waals surface area contributed by atoms with Crippen molar-refractivity contribution in [2.75, 3.05) is 34.4 Å². The summed E-state index contributed by atoms with van der Waals surface area (Å²) in [6, 6.07) is 9.66. The van der Waals surface area contributed by atoms with Gasteiger partial charge >= 0.3 is 5.69 Å². The number of nitrogens with one attached hydrogen (secondary N) is 1. The number of aromatic nitrogens is 2. The lowest BCUT2D eigenvalue weighted by Crippen LogP contribution is -2.43. The summed E-state index contributed by atoms with van der Waals surface area (Å²) in [5, 5.41) is 2.77. The van der Waals surface area contributed by atoms with Gasteiger partial charge in [-0.25, -0.2) is 4.79 Å². The Morgan fingerprint density at radius 1 is 0.943 bits per heavy atom. The van der Waals surface area contributed by atoms with E-state index in [0.29, 0.717) is 35.7 Å². The van der Waals surface area contributed by atoms with Gasteiger partial charge in [0.25, 0.3) is 11.5 Å². The zero-order valence-corrected chi connectivity index (χ0v) is 20.6. The number of amides is 2. The first kappa shape index (κ1) is 25.5. The summed E-state index contributed by atoms with van der Waals surface area (Å²) >= 11 is 0. The van der Waals surface area contributed by atoms with E-state index in [4.69, 9.17) is 9.47 Å². The number of benzene rings is 2. The molecular formula is C25H30N4O6. The van der Waals surface area contributed by atoms with Gasteiger partial charge in [-0.15, -0.1) is 0 Å². The van der Waals surface area contributed by atoms with E-state index >= 15 is 0 Å². The fourth-order valence-electron chi connectivity index (χ4n) is 3.94. The third-order valence-corrected chi connectivity index (χ3v) is 5.92. The van der Waals surface area contributed by atoms with Gasteiger partial charge in [0.2, 0.25) is 5.91 Å². The lowest BCUT2D eigenvalue weighted by Gasteiger charge is -2.21. The van der Waals surface area contributed by atoms with Crippen LogP contribution in [0.2, 0.25) is 0 Å². The number of carbonyl (C=O) groups is 2. The summed E-state index contributed by atoms with van der Waals surface area (Å²) in [7, 11) is 4.45. The van der Waals surface area contributed by atoms with E-state index in [-0.39, 0.29) is 35.8 Å². The lowest BCUT2D eigenvalue weighted by atomic mass is 10.1. The molecule has 186 valence electrons. The predicted octanol–water partition coefficient (Wildman–Crippen LogP) is 1.46. The molecule has 1 heterocycles. The van der Waals surface area contributed by atoms with Crippen molar-refractivity contribution in [3.63, 3.8) is 0 Å². The molecule has 10 nitrogen and oxygen atoms in total. The Morgan fingerprint density at radius 3 is 2.09 bits per heavy atom. The molecule has 0 aliphatic rings. The van der Waals surface area contributed by atoms with Gasteiger partial charge in [0.05, 0.1) is 31.7 Å². The largest absolute Gasteiger partial charge is 0.493 e. The topological polar surface area (TPSA) is 112 Å². The minimum atomic E-state index is -0.620. The molecule has 3 rings (SSSR count). The SMILES string of the molecule is CCN(CC)C(=O)Cn1c(=O)n(Cc2ccc(C(=O)NC)cc2)c(=O)c2cc(OC)c(OC)cc21. The lowest BCUT2D eigenvalue weighted by molar-refractivity contribution is -0.131. The number of nitrogens with zero attached hydrogens (tertiary/aromatic N) is 3. The van der Waals surface area contributed by atoms with Crippen molar-refractivity contribution in [3.8, 4) is 11.5 Å². The van der Waals surface area contributed by atoms with Gasteiger partial charge < -0.3 is 19.7 Å². The van der Waals surface area contributed by atoms with Gasteiger partial charge in [-0.2, -0.15) is 0 Å². The van der Waals surface area contributed by atoms with Crippen LogP contribution in [0.25, 0.3) is 10.9 Å². The van der Waals surface area contributed by atoms with E-state index < -0.39 is 11.2 Å². The van der Waals surface area contributed by atoms with Crippen LogP contribution in [-0.4, -0.2) is 60.2 Å². The van der Waals surface area contributed by atoms with Gasteiger partial charge in [0.1, 0.15) is 6.54 Å². The molecule has 2 aromatic carbocycles. The zero-order valence-electron chi connectivity index (χ0n) is 20.6. The van der Waals surface area contributed by atoms with Crippen molar-refractivity contribution in [2.45, 2.75) is 26.9 Å². The summed E-state index contributed by atoms with van der Waals surface area (Å²) in [5.74, 6) is 0.190. The molecule has 0 fully saturated rings. The van der Waals surface area contributed by atoms with Crippen LogP contribution < -0.4 is 26.0 Å². The minimum Gasteiger partial charge on any atom is -0.493 e. The molecule has 0 spiro atoms. The molecular weight excluding hydrogens is 452 g/mol. The van der Waals surface area contributed by atoms with Crippen LogP contribution in [0.1, 0.15) is 29.8 Å². The molecule has 2 amide bonds. The highest BCUT2D eigenvalue weighted by molar-refractivity contribution is 5.94. The Kier molecular flexibility index (Phi) is 7.95. The van der Waals surface area contributed by atoms with Crippen LogP contribution >= 0.6 is 0 Å². The molecule has 0 saturated carbocycles.